The second kappa shape index (κ2) is 12.1. The molecule has 2 heteroatoms. The maximum Gasteiger partial charge on any atom is 0.0725 e. The highest BCUT2D eigenvalue weighted by Gasteiger charge is 2.53. The predicted molar refractivity (Wildman–Crippen MR) is 240 cm³/mol. The molecule has 2 spiro atoms. The van der Waals surface area contributed by atoms with E-state index >= 15 is 0 Å². The van der Waals surface area contributed by atoms with Gasteiger partial charge in [-0.15, -0.1) is 0 Å². The van der Waals surface area contributed by atoms with Crippen LogP contribution in [-0.4, -0.2) is 0 Å². The van der Waals surface area contributed by atoms with Crippen LogP contribution in [0, 0.1) is 0 Å². The first kappa shape index (κ1) is 32.7. The Balaban J connectivity index is 0.851. The number of benzene rings is 9. The molecule has 9 aromatic rings. The lowest BCUT2D eigenvalue weighted by atomic mass is 9.70. The van der Waals surface area contributed by atoms with Crippen LogP contribution < -0.4 is 0 Å². The molecule has 0 unspecified atom stereocenters. The van der Waals surface area contributed by atoms with Crippen LogP contribution in [0.2, 0.25) is 0 Å². The van der Waals surface area contributed by atoms with E-state index in [4.69, 9.17) is 0 Å². The Labute approximate surface area is 347 Å². The minimum absolute atomic E-state index is 0.325. The lowest BCUT2D eigenvalue weighted by molar-refractivity contribution is 0.791. The normalized spacial score (nSPS) is 14.6. The summed E-state index contributed by atoms with van der Waals surface area (Å²) >= 11 is 3.70. The molecule has 0 nitrogen and oxygen atoms in total. The molecule has 0 radical (unpaired) electrons. The van der Waals surface area contributed by atoms with Crippen LogP contribution >= 0.6 is 23.5 Å². The largest absolute Gasteiger partial charge is 0.0901 e. The van der Waals surface area contributed by atoms with E-state index in [2.05, 4.69) is 206 Å². The minimum atomic E-state index is -0.325. The molecule has 0 amide bonds. The van der Waals surface area contributed by atoms with Crippen LogP contribution in [0.3, 0.4) is 0 Å². The summed E-state index contributed by atoms with van der Waals surface area (Å²) < 4.78 is 0. The molecule has 4 aliphatic carbocycles. The summed E-state index contributed by atoms with van der Waals surface area (Å²) in [5.41, 5.74) is 21.1. The van der Waals surface area contributed by atoms with Crippen LogP contribution in [0.1, 0.15) is 44.5 Å². The molecule has 4 aliphatic rings. The Hall–Kier alpha value is -6.32. The van der Waals surface area contributed by atoms with E-state index in [1.54, 1.807) is 0 Å². The van der Waals surface area contributed by atoms with Crippen LogP contribution in [-0.2, 0) is 10.8 Å². The Kier molecular flexibility index (Phi) is 6.83. The Morgan fingerprint density at radius 3 is 0.707 bits per heavy atom. The predicted octanol–water partition coefficient (Wildman–Crippen LogP) is 14.7. The highest BCUT2D eigenvalue weighted by atomic mass is 32.2. The lowest BCUT2D eigenvalue weighted by Gasteiger charge is -2.30. The Morgan fingerprint density at radius 2 is 0.431 bits per heavy atom. The first-order valence-electron chi connectivity index (χ1n) is 20.1. The number of rotatable bonds is 4. The molecular weight excluding hydrogens is 737 g/mol. The Morgan fingerprint density at radius 1 is 0.207 bits per heavy atom. The van der Waals surface area contributed by atoms with Gasteiger partial charge in [0.1, 0.15) is 0 Å². The fourth-order valence-electron chi connectivity index (χ4n) is 11.1. The van der Waals surface area contributed by atoms with Crippen molar-refractivity contribution in [1.82, 2.24) is 0 Å². The third kappa shape index (κ3) is 4.19. The van der Waals surface area contributed by atoms with Crippen molar-refractivity contribution in [3.63, 3.8) is 0 Å². The monoisotopic (exact) mass is 770 g/mol. The molecule has 0 heterocycles. The molecular formula is C56H34S2. The number of fused-ring (bicyclic) bond motifs is 20. The van der Waals surface area contributed by atoms with Gasteiger partial charge in [-0.25, -0.2) is 0 Å². The fraction of sp³-hybridized carbons (Fsp3) is 0.0357. The zero-order chi connectivity index (χ0) is 38.0. The van der Waals surface area contributed by atoms with Crippen molar-refractivity contribution in [1.29, 1.82) is 0 Å². The average Bonchev–Trinajstić information content (AvgIpc) is 3.96. The van der Waals surface area contributed by atoms with Gasteiger partial charge in [-0.05, 0) is 138 Å². The van der Waals surface area contributed by atoms with E-state index in [0.717, 1.165) is 0 Å². The van der Waals surface area contributed by atoms with Gasteiger partial charge >= 0.3 is 0 Å². The third-order valence-electron chi connectivity index (χ3n) is 13.2. The summed E-state index contributed by atoms with van der Waals surface area (Å²) in [6.07, 6.45) is 0. The second-order valence-electron chi connectivity index (χ2n) is 15.9. The van der Waals surface area contributed by atoms with Crippen LogP contribution in [0.4, 0.5) is 0 Å². The maximum absolute atomic E-state index is 2.47. The van der Waals surface area contributed by atoms with Crippen LogP contribution in [0.15, 0.2) is 226 Å². The van der Waals surface area contributed by atoms with Crippen molar-refractivity contribution < 1.29 is 0 Å². The van der Waals surface area contributed by atoms with Crippen LogP contribution in [0.5, 0.6) is 0 Å². The first-order valence-corrected chi connectivity index (χ1v) is 21.7. The van der Waals surface area contributed by atoms with Gasteiger partial charge in [0.15, 0.2) is 0 Å². The summed E-state index contributed by atoms with van der Waals surface area (Å²) in [7, 11) is 0. The van der Waals surface area contributed by atoms with Crippen molar-refractivity contribution in [2.24, 2.45) is 0 Å². The molecule has 0 fully saturated rings. The van der Waals surface area contributed by atoms with Gasteiger partial charge in [0, 0.05) is 19.6 Å². The topological polar surface area (TPSA) is 0 Å². The molecule has 0 N–H and O–H groups in total. The van der Waals surface area contributed by atoms with Gasteiger partial charge in [0.25, 0.3) is 0 Å². The fourth-order valence-corrected chi connectivity index (χ4v) is 12.8. The van der Waals surface area contributed by atoms with Gasteiger partial charge in [-0.1, -0.05) is 181 Å². The molecule has 9 aromatic carbocycles. The van der Waals surface area contributed by atoms with Gasteiger partial charge in [0.2, 0.25) is 0 Å². The third-order valence-corrected chi connectivity index (χ3v) is 15.2. The number of hydrogen-bond donors (Lipinski definition) is 0. The van der Waals surface area contributed by atoms with Crippen molar-refractivity contribution >= 4 is 23.5 Å². The zero-order valence-electron chi connectivity index (χ0n) is 31.4. The SMILES string of the molecule is c1ccc2c(c1)-c1ccccc1C21c2ccccc2-c2ccc(Sc3ccc(Sc4ccc5c(c4)C4(c6ccccc6-c6ccccc64)c4ccccc4-5)cc3)cc21. The average molecular weight is 771 g/mol. The van der Waals surface area contributed by atoms with Gasteiger partial charge < -0.3 is 0 Å². The summed E-state index contributed by atoms with van der Waals surface area (Å²) in [5.74, 6) is 0. The molecule has 58 heavy (non-hydrogen) atoms. The molecule has 0 saturated carbocycles. The highest BCUT2D eigenvalue weighted by molar-refractivity contribution is 7.99. The summed E-state index contributed by atoms with van der Waals surface area (Å²) in [6, 6.07) is 77.7. The quantitative estimate of drug-likeness (QED) is 0.175. The van der Waals surface area contributed by atoms with E-state index < -0.39 is 0 Å². The molecule has 0 bridgehead atoms. The minimum Gasteiger partial charge on any atom is -0.0901 e. The lowest BCUT2D eigenvalue weighted by Crippen LogP contribution is -2.25. The molecule has 0 atom stereocenters. The summed E-state index contributed by atoms with van der Waals surface area (Å²) in [4.78, 5) is 5.00. The maximum atomic E-state index is 2.47. The zero-order valence-corrected chi connectivity index (χ0v) is 33.1. The van der Waals surface area contributed by atoms with E-state index in [-0.39, 0.29) is 10.8 Å². The standard InChI is InChI=1S/C56H34S2/c1-7-19-47-39(13-1)40-14-2-8-20-48(40)55(47)51-23-11-5-17-43(51)45-31-29-37(33-53(45)55)57-35-25-27-36(28-26-35)58-38-30-32-46-44-18-6-12-24-52(44)56(54(46)34-38)49-21-9-3-15-41(49)42-16-4-10-22-50(42)56/h1-34H. The van der Waals surface area contributed by atoms with Crippen molar-refractivity contribution in [3.8, 4) is 44.5 Å². The molecule has 0 aliphatic heterocycles. The van der Waals surface area contributed by atoms with Crippen molar-refractivity contribution in [2.45, 2.75) is 30.4 Å². The molecule has 270 valence electrons. The first-order chi connectivity index (χ1) is 28.7. The Bertz CT molecular complexity index is 2850. The van der Waals surface area contributed by atoms with E-state index in [1.807, 2.05) is 23.5 Å². The van der Waals surface area contributed by atoms with Crippen LogP contribution in [0.25, 0.3) is 44.5 Å². The molecule has 0 aromatic heterocycles. The highest BCUT2D eigenvalue weighted by Crippen LogP contribution is 2.64. The second-order valence-corrected chi connectivity index (χ2v) is 18.2. The smallest absolute Gasteiger partial charge is 0.0725 e. The van der Waals surface area contributed by atoms with E-state index in [1.165, 1.54) is 109 Å². The summed E-state index contributed by atoms with van der Waals surface area (Å²) in [5, 5.41) is 0. The van der Waals surface area contributed by atoms with Crippen molar-refractivity contribution in [3.05, 3.63) is 251 Å². The summed E-state index contributed by atoms with van der Waals surface area (Å²) in [6.45, 7) is 0. The van der Waals surface area contributed by atoms with Gasteiger partial charge in [-0.2, -0.15) is 0 Å². The van der Waals surface area contributed by atoms with E-state index in [0.29, 0.717) is 0 Å². The molecule has 13 rings (SSSR count). The molecule has 0 saturated heterocycles. The van der Waals surface area contributed by atoms with Crippen molar-refractivity contribution in [2.75, 3.05) is 0 Å². The van der Waals surface area contributed by atoms with E-state index in [9.17, 15) is 0 Å². The van der Waals surface area contributed by atoms with Gasteiger partial charge in [0.05, 0.1) is 10.8 Å². The number of hydrogen-bond acceptors (Lipinski definition) is 2. The van der Waals surface area contributed by atoms with Gasteiger partial charge in [-0.3, -0.25) is 0 Å².